The maximum Gasteiger partial charge on any atom is 0.643 e. The summed E-state index contributed by atoms with van der Waals surface area (Å²) in [7, 11) is 10.2. The molecule has 0 heterocycles. The van der Waals surface area contributed by atoms with Gasteiger partial charge in [-0.1, -0.05) is 4.33 Å². The molecule has 62 valence electrons. The number of hydrogen-bond donors (Lipinski definition) is 2. The molecule has 0 aromatic carbocycles. The summed E-state index contributed by atoms with van der Waals surface area (Å²) >= 11 is -1.72. The molecular weight excluding hydrogens is 245 g/mol. The zero-order valence-corrected chi connectivity index (χ0v) is 8.48. The third kappa shape index (κ3) is 34.9. The van der Waals surface area contributed by atoms with Gasteiger partial charge in [-0.15, -0.1) is 0 Å². The first-order chi connectivity index (χ1) is 4.29. The van der Waals surface area contributed by atoms with Crippen molar-refractivity contribution in [3.63, 3.8) is 0 Å². The molecule has 0 aromatic rings. The van der Waals surface area contributed by atoms with Gasteiger partial charge in [0.25, 0.3) is 0 Å². The largest absolute Gasteiger partial charge is 0.643 e. The van der Waals surface area contributed by atoms with E-state index in [0.717, 1.165) is 0 Å². The molecule has 0 radical (unpaired) electrons. The average molecular weight is 247 g/mol. The molecule has 0 saturated carbocycles. The predicted molar refractivity (Wildman–Crippen MR) is 38.6 cm³/mol. The maximum atomic E-state index is 9.08. The summed E-state index contributed by atoms with van der Waals surface area (Å²) in [6, 6.07) is 0. The monoisotopic (exact) mass is 246 g/mol. The van der Waals surface area contributed by atoms with Gasteiger partial charge in [-0.2, -0.15) is 8.42 Å². The van der Waals surface area contributed by atoms with E-state index in [1.165, 1.54) is 0 Å². The third-order valence-corrected chi connectivity index (χ3v) is 0.283. The van der Waals surface area contributed by atoms with E-state index in [-0.39, 0.29) is 0 Å². The molecule has 0 rings (SSSR count). The summed E-state index contributed by atoms with van der Waals surface area (Å²) in [5.74, 6) is 0. The van der Waals surface area contributed by atoms with Crippen molar-refractivity contribution in [3.8, 4) is 0 Å². The molecule has 0 aromatic heterocycles. The fraction of sp³-hybridized carbons (Fsp3) is 0. The first-order valence-electron chi connectivity index (χ1n) is 1.52. The quantitative estimate of drug-likeness (QED) is 0.312. The van der Waals surface area contributed by atoms with Crippen molar-refractivity contribution in [3.05, 3.63) is 0 Å². The molecule has 10 heteroatoms. The molecule has 0 aliphatic carbocycles. The molecular formula is H2AlCl3O5S. The minimum atomic E-state index is -4.61. The first-order valence-corrected chi connectivity index (χ1v) is 8.12. The lowest BCUT2D eigenvalue weighted by molar-refractivity contribution is -0.139. The molecule has 0 unspecified atom stereocenters. The van der Waals surface area contributed by atoms with Gasteiger partial charge in [0.05, 0.1) is 0 Å². The smallest absolute Gasteiger partial charge is 0.262 e. The number of hydrogen-bond acceptors (Lipinski definition) is 4. The second-order valence-electron chi connectivity index (χ2n) is 0.750. The van der Waals surface area contributed by atoms with Crippen molar-refractivity contribution in [1.82, 2.24) is 0 Å². The minimum Gasteiger partial charge on any atom is -0.262 e. The lowest BCUT2D eigenvalue weighted by Gasteiger charge is -1.79. The van der Waals surface area contributed by atoms with Crippen LogP contribution in [0.5, 0.6) is 0 Å². The third-order valence-electron chi connectivity index (χ3n) is 0.0942. The Balaban J connectivity index is 0. The molecule has 0 saturated heterocycles. The highest BCUT2D eigenvalue weighted by Crippen LogP contribution is 1.97. The van der Waals surface area contributed by atoms with Crippen LogP contribution < -0.4 is 0 Å². The van der Waals surface area contributed by atoms with E-state index in [4.69, 9.17) is 48.4 Å². The van der Waals surface area contributed by atoms with Gasteiger partial charge in [-0.3, -0.25) is 4.55 Å². The van der Waals surface area contributed by atoms with Crippen LogP contribution in [0, 0.1) is 0 Å². The maximum absolute atomic E-state index is 9.08. The molecule has 0 bridgehead atoms. The summed E-state index contributed by atoms with van der Waals surface area (Å²) < 4.78 is 28.0. The van der Waals surface area contributed by atoms with Crippen molar-refractivity contribution in [1.29, 1.82) is 0 Å². The fourth-order valence-corrected chi connectivity index (χ4v) is 0. The Kier molecular flexibility index (Phi) is 9.54. The van der Waals surface area contributed by atoms with Crippen LogP contribution in [-0.4, -0.2) is 29.6 Å². The van der Waals surface area contributed by atoms with Crippen LogP contribution >= 0.6 is 30.1 Å². The van der Waals surface area contributed by atoms with E-state index >= 15 is 0 Å². The fourth-order valence-electron chi connectivity index (χ4n) is 0. The average Bonchev–Trinajstić information content (AvgIpc) is 1.63. The van der Waals surface area contributed by atoms with Crippen molar-refractivity contribution in [2.24, 2.45) is 0 Å². The lowest BCUT2D eigenvalue weighted by atomic mass is 15.0. The zero-order chi connectivity index (χ0) is 8.78. The number of halogens is 3. The Hall–Kier alpha value is 1.23. The SMILES string of the molecule is O=S(=O)(O)OO.[Cl][Al]([Cl])[Cl]. The van der Waals surface area contributed by atoms with Gasteiger partial charge in [0.2, 0.25) is 0 Å². The molecule has 0 fully saturated rings. The van der Waals surface area contributed by atoms with E-state index in [2.05, 4.69) is 4.33 Å². The topological polar surface area (TPSA) is 83.8 Å². The van der Waals surface area contributed by atoms with Gasteiger partial charge >= 0.3 is 21.8 Å². The summed E-state index contributed by atoms with van der Waals surface area (Å²) in [6.07, 6.45) is 0. The van der Waals surface area contributed by atoms with Crippen LogP contribution in [0.15, 0.2) is 0 Å². The van der Waals surface area contributed by atoms with Crippen LogP contribution in [0.4, 0.5) is 0 Å². The van der Waals surface area contributed by atoms with Crippen molar-refractivity contribution < 1.29 is 22.6 Å². The van der Waals surface area contributed by atoms with Gasteiger partial charge in [-0.25, -0.2) is 35.4 Å². The normalized spacial score (nSPS) is 9.70. The van der Waals surface area contributed by atoms with Crippen LogP contribution in [0.1, 0.15) is 0 Å². The van der Waals surface area contributed by atoms with Gasteiger partial charge in [0.15, 0.2) is 0 Å². The van der Waals surface area contributed by atoms with E-state index in [1.807, 2.05) is 0 Å². The molecule has 10 heavy (non-hydrogen) atoms. The van der Waals surface area contributed by atoms with Gasteiger partial charge in [0, 0.05) is 0 Å². The molecule has 0 atom stereocenters. The van der Waals surface area contributed by atoms with Crippen LogP contribution in [-0.2, 0) is 14.7 Å². The van der Waals surface area contributed by atoms with E-state index in [0.29, 0.717) is 0 Å². The summed E-state index contributed by atoms with van der Waals surface area (Å²) in [5, 5.41) is 7.06. The first kappa shape index (κ1) is 13.8. The van der Waals surface area contributed by atoms with E-state index in [9.17, 15) is 0 Å². The van der Waals surface area contributed by atoms with Crippen LogP contribution in [0.25, 0.3) is 0 Å². The predicted octanol–water partition coefficient (Wildman–Crippen LogP) is 0.967. The summed E-state index contributed by atoms with van der Waals surface area (Å²) in [4.78, 5) is 0. The zero-order valence-electron chi connectivity index (χ0n) is 4.24. The van der Waals surface area contributed by atoms with Crippen LogP contribution in [0.2, 0.25) is 0 Å². The Morgan fingerprint density at radius 1 is 1.30 bits per heavy atom. The highest BCUT2D eigenvalue weighted by atomic mass is 35.8. The highest BCUT2D eigenvalue weighted by Gasteiger charge is 2.00. The number of rotatable bonds is 1. The van der Waals surface area contributed by atoms with Crippen LogP contribution in [0.3, 0.4) is 0 Å². The standard InChI is InChI=1S/Al.3ClH.H2O5S/c;;;;1-5-6(2,3)4/h;3*1H;1H,(H,2,3,4)/q+3;;;;/p-3. The summed E-state index contributed by atoms with van der Waals surface area (Å²) in [5.41, 5.74) is 0. The van der Waals surface area contributed by atoms with Crippen molar-refractivity contribution >= 4 is 51.9 Å². The Labute approximate surface area is 74.3 Å². The minimum absolute atomic E-state index is 1.72. The van der Waals surface area contributed by atoms with E-state index < -0.39 is 21.8 Å². The summed E-state index contributed by atoms with van der Waals surface area (Å²) in [6.45, 7) is 0. The molecule has 0 amide bonds. The van der Waals surface area contributed by atoms with E-state index in [1.54, 1.807) is 0 Å². The lowest BCUT2D eigenvalue weighted by Crippen LogP contribution is -1.97. The second kappa shape index (κ2) is 6.91. The Bertz CT molecular complexity index is 148. The molecule has 0 aliphatic heterocycles. The van der Waals surface area contributed by atoms with Gasteiger partial charge in [0.1, 0.15) is 0 Å². The molecule has 5 nitrogen and oxygen atoms in total. The van der Waals surface area contributed by atoms with Gasteiger partial charge < -0.3 is 0 Å². The Morgan fingerprint density at radius 3 is 1.40 bits per heavy atom. The van der Waals surface area contributed by atoms with Crippen molar-refractivity contribution in [2.75, 3.05) is 0 Å². The Morgan fingerprint density at radius 2 is 1.40 bits per heavy atom. The van der Waals surface area contributed by atoms with Gasteiger partial charge in [-0.05, 0) is 0 Å². The molecule has 2 N–H and O–H groups in total. The second-order valence-corrected chi connectivity index (χ2v) is 8.19. The van der Waals surface area contributed by atoms with Crippen molar-refractivity contribution in [2.45, 2.75) is 0 Å². The molecule has 0 spiro atoms. The highest BCUT2D eigenvalue weighted by molar-refractivity contribution is 7.80. The molecule has 0 aliphatic rings.